The van der Waals surface area contributed by atoms with Crippen LogP contribution >= 0.6 is 35.0 Å². The van der Waals surface area contributed by atoms with E-state index in [9.17, 15) is 9.59 Å². The fraction of sp³-hybridized carbons (Fsp3) is 0.188. The number of furan rings is 1. The minimum absolute atomic E-state index is 0.151. The van der Waals surface area contributed by atoms with E-state index in [1.807, 2.05) is 0 Å². The summed E-state index contributed by atoms with van der Waals surface area (Å²) in [4.78, 5) is 30.5. The van der Waals surface area contributed by atoms with Crippen molar-refractivity contribution in [3.8, 4) is 0 Å². The summed E-state index contributed by atoms with van der Waals surface area (Å²) >= 11 is 13.3. The van der Waals surface area contributed by atoms with Crippen molar-refractivity contribution >= 4 is 57.7 Å². The van der Waals surface area contributed by atoms with Crippen LogP contribution in [0.5, 0.6) is 0 Å². The zero-order valence-corrected chi connectivity index (χ0v) is 15.4. The molecule has 3 rings (SSSR count). The number of nitrogens with one attached hydrogen (secondary N) is 2. The Balaban J connectivity index is 1.64. The maximum absolute atomic E-state index is 12.2. The molecule has 0 unspecified atom stereocenters. The van der Waals surface area contributed by atoms with Crippen molar-refractivity contribution in [3.63, 3.8) is 0 Å². The summed E-state index contributed by atoms with van der Waals surface area (Å²) < 4.78 is 5.43. The second-order valence-corrected chi connectivity index (χ2v) is 7.02. The van der Waals surface area contributed by atoms with Crippen LogP contribution in [0.3, 0.4) is 0 Å². The van der Waals surface area contributed by atoms with E-state index in [1.165, 1.54) is 18.7 Å². The molecule has 1 aromatic carbocycles. The van der Waals surface area contributed by atoms with E-state index >= 15 is 0 Å². The van der Waals surface area contributed by atoms with E-state index in [-0.39, 0.29) is 29.7 Å². The maximum Gasteiger partial charge on any atom is 0.217 e. The number of imidazole rings is 1. The number of amides is 1. The van der Waals surface area contributed by atoms with Crippen LogP contribution in [0.1, 0.15) is 23.2 Å². The minimum Gasteiger partial charge on any atom is -0.456 e. The molecular formula is C16H13Cl2N3O3S. The number of rotatable bonds is 6. The van der Waals surface area contributed by atoms with Gasteiger partial charge in [0.2, 0.25) is 11.7 Å². The normalized spacial score (nSPS) is 11.0. The number of H-pyrrole nitrogens is 1. The van der Waals surface area contributed by atoms with Crippen LogP contribution in [-0.4, -0.2) is 27.4 Å². The number of thioether (sulfide) groups is 1. The standard InChI is InChI=1S/C16H13Cl2N3O3S/c1-8(22)19-6-10-2-3-14(24-10)13(23)7-25-16-20-12-5-9(17)4-11(18)15(12)21-16/h2-5H,6-7H2,1H3,(H,19,22)(H,20,21). The molecule has 9 heteroatoms. The predicted molar refractivity (Wildman–Crippen MR) is 97.4 cm³/mol. The monoisotopic (exact) mass is 397 g/mol. The fourth-order valence-corrected chi connectivity index (χ4v) is 3.41. The van der Waals surface area contributed by atoms with Gasteiger partial charge in [-0.25, -0.2) is 4.98 Å². The average molecular weight is 398 g/mol. The number of carbonyl (C=O) groups excluding carboxylic acids is 2. The van der Waals surface area contributed by atoms with Crippen LogP contribution in [0.2, 0.25) is 10.0 Å². The number of nitrogens with zero attached hydrogens (tertiary/aromatic N) is 1. The number of benzene rings is 1. The van der Waals surface area contributed by atoms with Gasteiger partial charge in [0.05, 0.1) is 22.8 Å². The highest BCUT2D eigenvalue weighted by molar-refractivity contribution is 7.99. The molecule has 0 spiro atoms. The summed E-state index contributed by atoms with van der Waals surface area (Å²) in [7, 11) is 0. The minimum atomic E-state index is -0.177. The average Bonchev–Trinajstić information content (AvgIpc) is 3.17. The number of Topliss-reactive ketones (excluding diaryl/α,β-unsaturated/α-hetero) is 1. The molecule has 0 aliphatic rings. The molecule has 25 heavy (non-hydrogen) atoms. The predicted octanol–water partition coefficient (Wildman–Crippen LogP) is 4.07. The van der Waals surface area contributed by atoms with Crippen LogP contribution in [0.25, 0.3) is 11.0 Å². The molecule has 130 valence electrons. The number of ketones is 1. The van der Waals surface area contributed by atoms with E-state index in [0.29, 0.717) is 32.0 Å². The van der Waals surface area contributed by atoms with Crippen molar-refractivity contribution < 1.29 is 14.0 Å². The largest absolute Gasteiger partial charge is 0.456 e. The maximum atomic E-state index is 12.2. The summed E-state index contributed by atoms with van der Waals surface area (Å²) in [5.74, 6) is 0.573. The highest BCUT2D eigenvalue weighted by Gasteiger charge is 2.14. The van der Waals surface area contributed by atoms with Crippen molar-refractivity contribution in [2.24, 2.45) is 0 Å². The van der Waals surface area contributed by atoms with Gasteiger partial charge in [-0.15, -0.1) is 0 Å². The Morgan fingerprint density at radius 1 is 1.32 bits per heavy atom. The molecule has 0 aliphatic carbocycles. The summed E-state index contributed by atoms with van der Waals surface area (Å²) in [6.45, 7) is 1.66. The molecule has 6 nitrogen and oxygen atoms in total. The van der Waals surface area contributed by atoms with E-state index in [0.717, 1.165) is 0 Å². The van der Waals surface area contributed by atoms with Gasteiger partial charge < -0.3 is 14.7 Å². The Bertz CT molecular complexity index is 951. The first-order chi connectivity index (χ1) is 11.9. The van der Waals surface area contributed by atoms with Gasteiger partial charge in [-0.1, -0.05) is 35.0 Å². The quantitative estimate of drug-likeness (QED) is 0.483. The van der Waals surface area contributed by atoms with E-state index in [1.54, 1.807) is 24.3 Å². The second-order valence-electron chi connectivity index (χ2n) is 5.21. The lowest BCUT2D eigenvalue weighted by Crippen LogP contribution is -2.18. The number of hydrogen-bond acceptors (Lipinski definition) is 5. The lowest BCUT2D eigenvalue weighted by atomic mass is 10.3. The number of aromatic nitrogens is 2. The molecule has 0 fully saturated rings. The van der Waals surface area contributed by atoms with Crippen LogP contribution in [-0.2, 0) is 11.3 Å². The van der Waals surface area contributed by atoms with Crippen LogP contribution in [0, 0.1) is 0 Å². The van der Waals surface area contributed by atoms with Gasteiger partial charge in [0.15, 0.2) is 10.9 Å². The highest BCUT2D eigenvalue weighted by Crippen LogP contribution is 2.29. The Labute approximate surface area is 157 Å². The number of carbonyl (C=O) groups is 2. The first-order valence-electron chi connectivity index (χ1n) is 7.26. The lowest BCUT2D eigenvalue weighted by molar-refractivity contribution is -0.119. The van der Waals surface area contributed by atoms with Crippen molar-refractivity contribution in [2.75, 3.05) is 5.75 Å². The first-order valence-corrected chi connectivity index (χ1v) is 9.00. The van der Waals surface area contributed by atoms with Crippen LogP contribution < -0.4 is 5.32 Å². The number of aromatic amines is 1. The SMILES string of the molecule is CC(=O)NCc1ccc(C(=O)CSc2nc3c(Cl)cc(Cl)cc3[nH]2)o1. The van der Waals surface area contributed by atoms with Crippen molar-refractivity contribution in [3.05, 3.63) is 45.8 Å². The molecule has 0 aliphatic heterocycles. The van der Waals surface area contributed by atoms with Gasteiger partial charge in [-0.05, 0) is 24.3 Å². The Morgan fingerprint density at radius 2 is 2.12 bits per heavy atom. The number of hydrogen-bond donors (Lipinski definition) is 2. The molecule has 0 radical (unpaired) electrons. The van der Waals surface area contributed by atoms with E-state index in [4.69, 9.17) is 27.6 Å². The number of halogens is 2. The van der Waals surface area contributed by atoms with Gasteiger partial charge in [0, 0.05) is 11.9 Å². The second kappa shape index (κ2) is 7.51. The van der Waals surface area contributed by atoms with Gasteiger partial charge >= 0.3 is 0 Å². The van der Waals surface area contributed by atoms with Gasteiger partial charge in [0.25, 0.3) is 0 Å². The molecule has 3 aromatic rings. The molecule has 2 aromatic heterocycles. The zero-order valence-electron chi connectivity index (χ0n) is 13.1. The Kier molecular flexibility index (Phi) is 5.36. The third-order valence-corrected chi connectivity index (χ3v) is 4.65. The fourth-order valence-electron chi connectivity index (χ4n) is 2.13. The van der Waals surface area contributed by atoms with Gasteiger partial charge in [-0.3, -0.25) is 9.59 Å². The summed E-state index contributed by atoms with van der Waals surface area (Å²) in [5.41, 5.74) is 1.32. The molecule has 0 saturated carbocycles. The van der Waals surface area contributed by atoms with E-state index < -0.39 is 0 Å². The van der Waals surface area contributed by atoms with Crippen molar-refractivity contribution in [1.29, 1.82) is 0 Å². The van der Waals surface area contributed by atoms with Crippen molar-refractivity contribution in [1.82, 2.24) is 15.3 Å². The molecule has 2 heterocycles. The van der Waals surface area contributed by atoms with Crippen molar-refractivity contribution in [2.45, 2.75) is 18.6 Å². The Hall–Kier alpha value is -1.96. The third-order valence-electron chi connectivity index (χ3n) is 3.27. The van der Waals surface area contributed by atoms with Crippen LogP contribution in [0.4, 0.5) is 0 Å². The van der Waals surface area contributed by atoms with Gasteiger partial charge in [-0.2, -0.15) is 0 Å². The molecule has 1 amide bonds. The van der Waals surface area contributed by atoms with Crippen LogP contribution in [0.15, 0.2) is 33.8 Å². The molecule has 0 bridgehead atoms. The third kappa shape index (κ3) is 4.36. The first kappa shape index (κ1) is 17.8. The zero-order chi connectivity index (χ0) is 18.0. The molecule has 0 atom stereocenters. The summed E-state index contributed by atoms with van der Waals surface area (Å²) in [5, 5.41) is 4.14. The summed E-state index contributed by atoms with van der Waals surface area (Å²) in [6.07, 6.45) is 0. The topological polar surface area (TPSA) is 88.0 Å². The Morgan fingerprint density at radius 3 is 2.88 bits per heavy atom. The molecule has 2 N–H and O–H groups in total. The van der Waals surface area contributed by atoms with E-state index in [2.05, 4.69) is 15.3 Å². The summed E-state index contributed by atoms with van der Waals surface area (Å²) in [6, 6.07) is 6.60. The smallest absolute Gasteiger partial charge is 0.217 e. The molecule has 0 saturated heterocycles. The van der Waals surface area contributed by atoms with Gasteiger partial charge in [0.1, 0.15) is 11.3 Å². The lowest BCUT2D eigenvalue weighted by Gasteiger charge is -1.98. The molecular weight excluding hydrogens is 385 g/mol. The highest BCUT2D eigenvalue weighted by atomic mass is 35.5. The number of fused-ring (bicyclic) bond motifs is 1.